The molecular formula is C56H40O12. The Labute approximate surface area is 387 Å². The van der Waals surface area contributed by atoms with Gasteiger partial charge in [-0.05, 0) is 136 Å². The number of phenols is 9. The normalized spacial score (nSPS) is 17.2. The van der Waals surface area contributed by atoms with Crippen LogP contribution >= 0.6 is 0 Å². The summed E-state index contributed by atoms with van der Waals surface area (Å²) in [5.41, 5.74) is 7.18. The number of furan rings is 1. The molecule has 0 radical (unpaired) electrons. The predicted molar refractivity (Wildman–Crippen MR) is 254 cm³/mol. The fourth-order valence-corrected chi connectivity index (χ4v) is 9.78. The minimum absolute atomic E-state index is 0.0516. The molecule has 8 aromatic carbocycles. The lowest BCUT2D eigenvalue weighted by Crippen LogP contribution is -2.16. The Hall–Kier alpha value is -9.16. The van der Waals surface area contributed by atoms with E-state index in [1.807, 2.05) is 30.4 Å². The van der Waals surface area contributed by atoms with Crippen LogP contribution in [0.1, 0.15) is 68.6 Å². The summed E-state index contributed by atoms with van der Waals surface area (Å²) in [4.78, 5) is 0. The quantitative estimate of drug-likeness (QED) is 0.0652. The van der Waals surface area contributed by atoms with Crippen LogP contribution in [0.2, 0.25) is 0 Å². The van der Waals surface area contributed by atoms with Crippen LogP contribution < -0.4 is 9.47 Å². The SMILES string of the molecule is Oc1ccc(-c2oc3cc(O)cc(C=Cc4ccc5c(c4)C(c4cc(O)cc6c4C(c4cc(O)cc(O)c4)C(c4ccc(O)cc4)O6)C(c4ccc(O)cc4)O5)c3c2-c2cc(O)cc(O)c2)cc1. The third-order valence-corrected chi connectivity index (χ3v) is 12.6. The molecule has 2 aliphatic heterocycles. The van der Waals surface area contributed by atoms with E-state index in [1.165, 1.54) is 48.5 Å². The Morgan fingerprint density at radius 2 is 0.926 bits per heavy atom. The topological polar surface area (TPSA) is 214 Å². The minimum Gasteiger partial charge on any atom is -0.508 e. The van der Waals surface area contributed by atoms with Gasteiger partial charge in [0.05, 0.1) is 11.8 Å². The van der Waals surface area contributed by atoms with E-state index >= 15 is 0 Å². The third kappa shape index (κ3) is 7.39. The molecule has 12 nitrogen and oxygen atoms in total. The highest BCUT2D eigenvalue weighted by Crippen LogP contribution is 2.59. The van der Waals surface area contributed by atoms with E-state index in [0.29, 0.717) is 72.7 Å². The molecule has 9 aromatic rings. The first-order valence-corrected chi connectivity index (χ1v) is 21.6. The van der Waals surface area contributed by atoms with Gasteiger partial charge in [0.2, 0.25) is 0 Å². The van der Waals surface area contributed by atoms with Crippen LogP contribution in [0.25, 0.3) is 45.6 Å². The molecule has 9 N–H and O–H groups in total. The van der Waals surface area contributed by atoms with E-state index < -0.39 is 24.0 Å². The van der Waals surface area contributed by atoms with Gasteiger partial charge in [-0.3, -0.25) is 0 Å². The molecule has 2 aliphatic rings. The Bertz CT molecular complexity index is 3420. The van der Waals surface area contributed by atoms with Crippen molar-refractivity contribution < 1.29 is 59.8 Å². The Morgan fingerprint density at radius 3 is 1.56 bits per heavy atom. The van der Waals surface area contributed by atoms with Gasteiger partial charge in [-0.2, -0.15) is 0 Å². The first-order valence-electron chi connectivity index (χ1n) is 21.6. The predicted octanol–water partition coefficient (Wildman–Crippen LogP) is 11.8. The molecule has 68 heavy (non-hydrogen) atoms. The fraction of sp³-hybridized carbons (Fsp3) is 0.0714. The standard InChI is InChI=1S/C56H40O12/c57-35-10-4-29(5-11-35)54-50(33-19-38(60)23-39(61)20-33)49-32(18-42(64)26-47(49)67-54)3-1-28-2-16-46-44(17-28)52(56(66-46)31-8-14-37(59)15-9-31)45-25-43(65)27-48-53(45)51(34-21-40(62)24-41(63)22-34)55(68-48)30-6-12-36(58)13-7-30/h1-27,51-52,55-65H. The first kappa shape index (κ1) is 41.5. The highest BCUT2D eigenvalue weighted by molar-refractivity contribution is 6.07. The molecule has 0 bridgehead atoms. The number of ether oxygens (including phenoxy) is 2. The van der Waals surface area contributed by atoms with Crippen molar-refractivity contribution in [2.45, 2.75) is 24.0 Å². The first-order chi connectivity index (χ1) is 32.8. The summed E-state index contributed by atoms with van der Waals surface area (Å²) in [6.45, 7) is 0. The zero-order valence-electron chi connectivity index (χ0n) is 35.6. The molecule has 3 heterocycles. The van der Waals surface area contributed by atoms with Crippen molar-refractivity contribution >= 4 is 23.1 Å². The maximum absolute atomic E-state index is 11.5. The van der Waals surface area contributed by atoms with Crippen LogP contribution in [0.5, 0.6) is 63.2 Å². The molecule has 0 aliphatic carbocycles. The molecule has 11 rings (SSSR count). The molecule has 1 aromatic heterocycles. The monoisotopic (exact) mass is 904 g/mol. The third-order valence-electron chi connectivity index (χ3n) is 12.6. The minimum atomic E-state index is -0.721. The van der Waals surface area contributed by atoms with Gasteiger partial charge in [-0.1, -0.05) is 42.5 Å². The van der Waals surface area contributed by atoms with Crippen LogP contribution in [0, 0.1) is 0 Å². The maximum Gasteiger partial charge on any atom is 0.143 e. The van der Waals surface area contributed by atoms with E-state index in [0.717, 1.165) is 16.7 Å². The lowest BCUT2D eigenvalue weighted by molar-refractivity contribution is 0.220. The molecule has 4 atom stereocenters. The second-order valence-corrected chi connectivity index (χ2v) is 17.1. The summed E-state index contributed by atoms with van der Waals surface area (Å²) >= 11 is 0. The van der Waals surface area contributed by atoms with Crippen molar-refractivity contribution in [2.24, 2.45) is 0 Å². The highest BCUT2D eigenvalue weighted by Gasteiger charge is 2.45. The number of aromatic hydroxyl groups is 9. The van der Waals surface area contributed by atoms with Gasteiger partial charge in [0.15, 0.2) is 0 Å². The van der Waals surface area contributed by atoms with Crippen LogP contribution in [0.4, 0.5) is 0 Å². The molecule has 4 unspecified atom stereocenters. The van der Waals surface area contributed by atoms with Gasteiger partial charge in [0.25, 0.3) is 0 Å². The summed E-state index contributed by atoms with van der Waals surface area (Å²) in [5, 5.41) is 96.5. The molecular weight excluding hydrogens is 865 g/mol. The van der Waals surface area contributed by atoms with Crippen LogP contribution in [0.15, 0.2) is 156 Å². The number of hydrogen-bond donors (Lipinski definition) is 9. The second-order valence-electron chi connectivity index (χ2n) is 17.1. The summed E-state index contributed by atoms with van der Waals surface area (Å²) in [6.07, 6.45) is 2.28. The fourth-order valence-electron chi connectivity index (χ4n) is 9.78. The van der Waals surface area contributed by atoms with E-state index in [4.69, 9.17) is 13.9 Å². The van der Waals surface area contributed by atoms with Gasteiger partial charge in [0.1, 0.15) is 86.8 Å². The highest BCUT2D eigenvalue weighted by atomic mass is 16.5. The number of fused-ring (bicyclic) bond motifs is 3. The molecule has 0 spiro atoms. The molecule has 0 fully saturated rings. The number of phenolic OH excluding ortho intramolecular Hbond substituents is 9. The molecule has 12 heteroatoms. The van der Waals surface area contributed by atoms with Crippen molar-refractivity contribution in [1.29, 1.82) is 0 Å². The van der Waals surface area contributed by atoms with Crippen LogP contribution in [-0.4, -0.2) is 46.0 Å². The Balaban J connectivity index is 1.08. The molecule has 0 saturated carbocycles. The van der Waals surface area contributed by atoms with Crippen molar-refractivity contribution in [3.63, 3.8) is 0 Å². The van der Waals surface area contributed by atoms with Crippen molar-refractivity contribution in [3.8, 4) is 85.7 Å². The van der Waals surface area contributed by atoms with Crippen molar-refractivity contribution in [1.82, 2.24) is 0 Å². The maximum atomic E-state index is 11.5. The van der Waals surface area contributed by atoms with Gasteiger partial charge in [-0.25, -0.2) is 0 Å². The summed E-state index contributed by atoms with van der Waals surface area (Å²) < 4.78 is 19.9. The molecule has 0 saturated heterocycles. The smallest absolute Gasteiger partial charge is 0.143 e. The largest absolute Gasteiger partial charge is 0.508 e. The second kappa shape index (κ2) is 16.1. The average molecular weight is 905 g/mol. The van der Waals surface area contributed by atoms with Gasteiger partial charge < -0.3 is 59.8 Å². The van der Waals surface area contributed by atoms with E-state index in [2.05, 4.69) is 0 Å². The molecule has 336 valence electrons. The molecule has 0 amide bonds. The Morgan fingerprint density at radius 1 is 0.382 bits per heavy atom. The lowest BCUT2D eigenvalue weighted by Gasteiger charge is -2.26. The number of hydrogen-bond acceptors (Lipinski definition) is 12. The van der Waals surface area contributed by atoms with Crippen LogP contribution in [0.3, 0.4) is 0 Å². The average Bonchev–Trinajstić information content (AvgIpc) is 4.00. The lowest BCUT2D eigenvalue weighted by atomic mass is 9.76. The zero-order chi connectivity index (χ0) is 47.0. The van der Waals surface area contributed by atoms with Crippen LogP contribution in [-0.2, 0) is 0 Å². The zero-order valence-corrected chi connectivity index (χ0v) is 35.6. The summed E-state index contributed by atoms with van der Waals surface area (Å²) in [6, 6.07) is 40.3. The van der Waals surface area contributed by atoms with Crippen molar-refractivity contribution in [3.05, 3.63) is 196 Å². The summed E-state index contributed by atoms with van der Waals surface area (Å²) in [5.74, 6) is -0.592. The van der Waals surface area contributed by atoms with Crippen molar-refractivity contribution in [2.75, 3.05) is 0 Å². The van der Waals surface area contributed by atoms with E-state index in [1.54, 1.807) is 84.9 Å². The van der Waals surface area contributed by atoms with Gasteiger partial charge in [0, 0.05) is 51.9 Å². The number of rotatable bonds is 8. The van der Waals surface area contributed by atoms with Gasteiger partial charge >= 0.3 is 0 Å². The van der Waals surface area contributed by atoms with E-state index in [-0.39, 0.29) is 51.7 Å². The number of benzene rings is 8. The summed E-state index contributed by atoms with van der Waals surface area (Å²) in [7, 11) is 0. The Kier molecular flexibility index (Phi) is 9.82. The van der Waals surface area contributed by atoms with E-state index in [9.17, 15) is 46.0 Å². The van der Waals surface area contributed by atoms with Gasteiger partial charge in [-0.15, -0.1) is 0 Å².